The van der Waals surface area contributed by atoms with Gasteiger partial charge in [-0.25, -0.2) is 18.0 Å². The van der Waals surface area contributed by atoms with Gasteiger partial charge in [0, 0.05) is 6.08 Å². The molecule has 0 aromatic heterocycles. The van der Waals surface area contributed by atoms with Crippen molar-refractivity contribution in [1.29, 1.82) is 0 Å². The Hall–Kier alpha value is -2.15. The summed E-state index contributed by atoms with van der Waals surface area (Å²) in [5.41, 5.74) is 0. The van der Waals surface area contributed by atoms with Crippen molar-refractivity contribution in [2.45, 2.75) is 4.90 Å². The zero-order chi connectivity index (χ0) is 13.1. The van der Waals surface area contributed by atoms with Crippen molar-refractivity contribution in [3.05, 3.63) is 41.3 Å². The van der Waals surface area contributed by atoms with E-state index in [1.165, 1.54) is 24.3 Å². The maximum atomic E-state index is 11.8. The second-order valence-electron chi connectivity index (χ2n) is 2.97. The van der Waals surface area contributed by atoms with E-state index in [1.807, 2.05) is 0 Å². The van der Waals surface area contributed by atoms with E-state index in [9.17, 15) is 18.0 Å². The van der Waals surface area contributed by atoms with E-state index in [0.717, 1.165) is 0 Å². The smallest absolute Gasteiger partial charge is 0.348 e. The van der Waals surface area contributed by atoms with Gasteiger partial charge in [-0.15, -0.1) is 0 Å². The Morgan fingerprint density at radius 3 is 2.00 bits per heavy atom. The molecule has 1 aromatic rings. The monoisotopic (exact) mass is 256 g/mol. The fraction of sp³-hybridized carbons (Fsp3) is 0. The Balaban J connectivity index is 3.40. The maximum Gasteiger partial charge on any atom is 0.348 e. The summed E-state index contributed by atoms with van der Waals surface area (Å²) in [6.45, 7) is 0. The topological polar surface area (TPSA) is 109 Å². The number of sulfone groups is 1. The molecule has 0 unspecified atom stereocenters. The minimum Gasteiger partial charge on any atom is -0.478 e. The first-order valence-electron chi connectivity index (χ1n) is 4.34. The quantitative estimate of drug-likeness (QED) is 0.760. The van der Waals surface area contributed by atoms with E-state index in [0.29, 0.717) is 0 Å². The highest BCUT2D eigenvalue weighted by molar-refractivity contribution is 7.96. The van der Waals surface area contributed by atoms with Gasteiger partial charge in [0.1, 0.15) is 0 Å². The molecule has 0 radical (unpaired) electrons. The van der Waals surface area contributed by atoms with Crippen LogP contribution < -0.4 is 0 Å². The summed E-state index contributed by atoms with van der Waals surface area (Å²) in [5.74, 6) is -3.45. The van der Waals surface area contributed by atoms with Crippen LogP contribution in [0.15, 0.2) is 46.2 Å². The van der Waals surface area contributed by atoms with Crippen LogP contribution in [0.3, 0.4) is 0 Å². The Kier molecular flexibility index (Phi) is 3.64. The maximum absolute atomic E-state index is 11.8. The van der Waals surface area contributed by atoms with Gasteiger partial charge in [0.2, 0.25) is 9.84 Å². The van der Waals surface area contributed by atoms with E-state index in [1.54, 1.807) is 6.07 Å². The second kappa shape index (κ2) is 4.79. The zero-order valence-corrected chi connectivity index (χ0v) is 9.22. The highest BCUT2D eigenvalue weighted by atomic mass is 32.2. The third kappa shape index (κ3) is 2.91. The van der Waals surface area contributed by atoms with Gasteiger partial charge in [0.05, 0.1) is 4.90 Å². The van der Waals surface area contributed by atoms with Gasteiger partial charge in [-0.1, -0.05) is 18.2 Å². The van der Waals surface area contributed by atoms with Gasteiger partial charge in [0.15, 0.2) is 4.91 Å². The Bertz CT molecular complexity index is 570. The van der Waals surface area contributed by atoms with Gasteiger partial charge in [-0.05, 0) is 12.1 Å². The number of benzene rings is 1. The minimum absolute atomic E-state index is 0.157. The normalized spacial score (nSPS) is 12.1. The predicted octanol–water partition coefficient (Wildman–Crippen LogP) is 0.513. The molecule has 17 heavy (non-hydrogen) atoms. The number of carboxylic acids is 2. The lowest BCUT2D eigenvalue weighted by Crippen LogP contribution is -2.15. The molecule has 0 spiro atoms. The highest BCUT2D eigenvalue weighted by Gasteiger charge is 2.27. The summed E-state index contributed by atoms with van der Waals surface area (Å²) in [4.78, 5) is 19.7. The first-order valence-corrected chi connectivity index (χ1v) is 5.82. The predicted molar refractivity (Wildman–Crippen MR) is 57.0 cm³/mol. The molecule has 0 bridgehead atoms. The average molecular weight is 256 g/mol. The minimum atomic E-state index is -4.31. The number of hydrogen-bond acceptors (Lipinski definition) is 4. The van der Waals surface area contributed by atoms with Crippen molar-refractivity contribution < 1.29 is 28.2 Å². The Morgan fingerprint density at radius 1 is 1.06 bits per heavy atom. The van der Waals surface area contributed by atoms with Crippen LogP contribution in [0.5, 0.6) is 0 Å². The second-order valence-corrected chi connectivity index (χ2v) is 4.89. The molecule has 1 rings (SSSR count). The summed E-state index contributed by atoms with van der Waals surface area (Å²) in [5, 5.41) is 17.1. The molecule has 0 fully saturated rings. The lowest BCUT2D eigenvalue weighted by atomic mass is 10.4. The molecule has 0 saturated carbocycles. The lowest BCUT2D eigenvalue weighted by molar-refractivity contribution is -0.134. The van der Waals surface area contributed by atoms with Crippen LogP contribution in [0.25, 0.3) is 0 Å². The van der Waals surface area contributed by atoms with Crippen LogP contribution in [0.2, 0.25) is 0 Å². The number of carboxylic acid groups (broad SMARTS) is 2. The van der Waals surface area contributed by atoms with Crippen molar-refractivity contribution in [2.24, 2.45) is 0 Å². The molecule has 6 nitrogen and oxygen atoms in total. The van der Waals surface area contributed by atoms with Crippen molar-refractivity contribution >= 4 is 21.8 Å². The van der Waals surface area contributed by atoms with Crippen molar-refractivity contribution in [1.82, 2.24) is 0 Å². The van der Waals surface area contributed by atoms with Crippen molar-refractivity contribution in [3.63, 3.8) is 0 Å². The lowest BCUT2D eigenvalue weighted by Gasteiger charge is -2.03. The summed E-state index contributed by atoms with van der Waals surface area (Å²) in [6, 6.07) is 6.75. The number of hydrogen-bond donors (Lipinski definition) is 2. The van der Waals surface area contributed by atoms with Crippen LogP contribution in [-0.2, 0) is 19.4 Å². The van der Waals surface area contributed by atoms with Crippen LogP contribution in [0, 0.1) is 0 Å². The van der Waals surface area contributed by atoms with Gasteiger partial charge < -0.3 is 10.2 Å². The van der Waals surface area contributed by atoms with Crippen molar-refractivity contribution in [2.75, 3.05) is 0 Å². The van der Waals surface area contributed by atoms with E-state index in [4.69, 9.17) is 10.2 Å². The average Bonchev–Trinajstić information content (AvgIpc) is 2.26. The molecule has 0 amide bonds. The Morgan fingerprint density at radius 2 is 1.59 bits per heavy atom. The molecular weight excluding hydrogens is 248 g/mol. The van der Waals surface area contributed by atoms with E-state index in [2.05, 4.69) is 0 Å². The number of carbonyl (C=O) groups is 2. The fourth-order valence-corrected chi connectivity index (χ4v) is 2.35. The van der Waals surface area contributed by atoms with E-state index in [-0.39, 0.29) is 11.0 Å². The molecule has 0 saturated heterocycles. The molecule has 7 heteroatoms. The van der Waals surface area contributed by atoms with Gasteiger partial charge in [-0.3, -0.25) is 0 Å². The van der Waals surface area contributed by atoms with Crippen LogP contribution in [-0.4, -0.2) is 30.6 Å². The largest absolute Gasteiger partial charge is 0.478 e. The van der Waals surface area contributed by atoms with Crippen LogP contribution >= 0.6 is 0 Å². The van der Waals surface area contributed by atoms with Gasteiger partial charge >= 0.3 is 11.9 Å². The SMILES string of the molecule is O=C(O)/C=C(\C(=O)O)S(=O)(=O)c1ccccc1. The van der Waals surface area contributed by atoms with Crippen LogP contribution in [0.1, 0.15) is 0 Å². The number of aliphatic carboxylic acids is 2. The third-order valence-corrected chi connectivity index (χ3v) is 3.57. The molecule has 90 valence electrons. The van der Waals surface area contributed by atoms with Crippen LogP contribution in [0.4, 0.5) is 0 Å². The molecule has 2 N–H and O–H groups in total. The molecule has 0 aliphatic rings. The van der Waals surface area contributed by atoms with Gasteiger partial charge in [-0.2, -0.15) is 0 Å². The number of rotatable bonds is 4. The molecule has 0 heterocycles. The molecule has 0 aliphatic heterocycles. The summed E-state index contributed by atoms with van der Waals surface area (Å²) in [6.07, 6.45) is 0.157. The molecule has 0 aliphatic carbocycles. The molecule has 0 atom stereocenters. The first-order chi connectivity index (χ1) is 7.85. The van der Waals surface area contributed by atoms with Crippen molar-refractivity contribution in [3.8, 4) is 0 Å². The van der Waals surface area contributed by atoms with E-state index >= 15 is 0 Å². The Labute approximate surface area is 96.7 Å². The summed E-state index contributed by atoms with van der Waals surface area (Å²) in [7, 11) is -4.31. The van der Waals surface area contributed by atoms with E-state index < -0.39 is 26.7 Å². The molecular formula is C10H8O6S. The highest BCUT2D eigenvalue weighted by Crippen LogP contribution is 2.18. The zero-order valence-electron chi connectivity index (χ0n) is 8.40. The summed E-state index contributed by atoms with van der Waals surface area (Å²) >= 11 is 0. The first kappa shape index (κ1) is 12.9. The summed E-state index contributed by atoms with van der Waals surface area (Å²) < 4.78 is 23.6. The fourth-order valence-electron chi connectivity index (χ4n) is 1.09. The standard InChI is InChI=1S/C10H8O6S/c11-9(12)6-8(10(13)14)17(15,16)7-4-2-1-3-5-7/h1-6H,(H,11,12)(H,13,14)/b8-6+. The third-order valence-electron chi connectivity index (χ3n) is 1.81. The van der Waals surface area contributed by atoms with Gasteiger partial charge in [0.25, 0.3) is 0 Å². The molecule has 1 aromatic carbocycles.